The molecular formula is C19H24N2. The van der Waals surface area contributed by atoms with E-state index in [2.05, 4.69) is 65.8 Å². The van der Waals surface area contributed by atoms with Gasteiger partial charge in [0.15, 0.2) is 0 Å². The summed E-state index contributed by atoms with van der Waals surface area (Å²) in [5, 5.41) is 3.45. The zero-order valence-electron chi connectivity index (χ0n) is 12.8. The molecule has 3 rings (SSSR count). The molecule has 1 aliphatic heterocycles. The minimum atomic E-state index is 1.02. The van der Waals surface area contributed by atoms with Crippen LogP contribution in [0.25, 0.3) is 0 Å². The molecular weight excluding hydrogens is 256 g/mol. The summed E-state index contributed by atoms with van der Waals surface area (Å²) in [6.07, 6.45) is 2.28. The predicted octanol–water partition coefficient (Wildman–Crippen LogP) is 3.01. The molecule has 0 bridgehead atoms. The first-order valence-corrected chi connectivity index (χ1v) is 7.86. The molecule has 0 saturated carbocycles. The van der Waals surface area contributed by atoms with Crippen LogP contribution in [0.15, 0.2) is 48.5 Å². The quantitative estimate of drug-likeness (QED) is 0.906. The van der Waals surface area contributed by atoms with Crippen molar-refractivity contribution in [2.45, 2.75) is 25.9 Å². The second-order valence-electron chi connectivity index (χ2n) is 5.95. The molecule has 1 aliphatic rings. The number of fused-ring (bicyclic) bond motifs is 1. The van der Waals surface area contributed by atoms with E-state index >= 15 is 0 Å². The second kappa shape index (κ2) is 6.88. The molecule has 1 heterocycles. The van der Waals surface area contributed by atoms with Crippen molar-refractivity contribution in [1.29, 1.82) is 0 Å². The van der Waals surface area contributed by atoms with Crippen LogP contribution in [-0.4, -0.2) is 25.0 Å². The summed E-state index contributed by atoms with van der Waals surface area (Å²) >= 11 is 0. The van der Waals surface area contributed by atoms with E-state index in [-0.39, 0.29) is 0 Å². The van der Waals surface area contributed by atoms with Gasteiger partial charge >= 0.3 is 0 Å². The van der Waals surface area contributed by atoms with Gasteiger partial charge in [0, 0.05) is 19.6 Å². The highest BCUT2D eigenvalue weighted by atomic mass is 15.1. The average Bonchev–Trinajstić information content (AvgIpc) is 2.54. The minimum absolute atomic E-state index is 1.02. The van der Waals surface area contributed by atoms with Gasteiger partial charge in [-0.2, -0.15) is 0 Å². The predicted molar refractivity (Wildman–Crippen MR) is 88.3 cm³/mol. The van der Waals surface area contributed by atoms with Gasteiger partial charge in [-0.15, -0.1) is 0 Å². The van der Waals surface area contributed by atoms with Crippen molar-refractivity contribution in [2.24, 2.45) is 0 Å². The molecule has 1 N–H and O–H groups in total. The van der Waals surface area contributed by atoms with E-state index in [1.54, 1.807) is 5.56 Å². The van der Waals surface area contributed by atoms with E-state index in [1.807, 2.05) is 0 Å². The molecule has 0 aliphatic carbocycles. The molecule has 2 heteroatoms. The van der Waals surface area contributed by atoms with Gasteiger partial charge in [-0.1, -0.05) is 48.5 Å². The largest absolute Gasteiger partial charge is 0.312 e. The Morgan fingerprint density at radius 3 is 2.76 bits per heavy atom. The Hall–Kier alpha value is -1.64. The smallest absolute Gasteiger partial charge is 0.0233 e. The monoisotopic (exact) mass is 280 g/mol. The Kier molecular flexibility index (Phi) is 4.69. The average molecular weight is 280 g/mol. The molecule has 0 saturated heterocycles. The number of rotatable bonds is 5. The number of hydrogen-bond donors (Lipinski definition) is 1. The van der Waals surface area contributed by atoms with Crippen molar-refractivity contribution < 1.29 is 0 Å². The van der Waals surface area contributed by atoms with Gasteiger partial charge < -0.3 is 10.2 Å². The number of likely N-dealkylation sites (N-methyl/N-ethyl adjacent to an activating group) is 1. The first-order valence-electron chi connectivity index (χ1n) is 7.86. The lowest BCUT2D eigenvalue weighted by Gasteiger charge is -2.23. The molecule has 0 fully saturated rings. The van der Waals surface area contributed by atoms with Gasteiger partial charge in [0.2, 0.25) is 0 Å². The topological polar surface area (TPSA) is 15.3 Å². The van der Waals surface area contributed by atoms with Crippen LogP contribution in [0, 0.1) is 0 Å². The third kappa shape index (κ3) is 3.72. The molecule has 0 radical (unpaired) electrons. The van der Waals surface area contributed by atoms with Crippen molar-refractivity contribution in [3.8, 4) is 0 Å². The molecule has 0 spiro atoms. The third-order valence-corrected chi connectivity index (χ3v) is 4.30. The molecule has 0 unspecified atom stereocenters. The molecule has 2 aromatic rings. The summed E-state index contributed by atoms with van der Waals surface area (Å²) in [5.41, 5.74) is 5.98. The lowest BCUT2D eigenvalue weighted by molar-refractivity contribution is 0.329. The van der Waals surface area contributed by atoms with Crippen LogP contribution < -0.4 is 5.32 Å². The first-order chi connectivity index (χ1) is 10.3. The highest BCUT2D eigenvalue weighted by molar-refractivity contribution is 5.37. The van der Waals surface area contributed by atoms with E-state index in [4.69, 9.17) is 0 Å². The number of nitrogens with zero attached hydrogens (tertiary/aromatic N) is 1. The highest BCUT2D eigenvalue weighted by Crippen LogP contribution is 2.20. The van der Waals surface area contributed by atoms with Gasteiger partial charge in [-0.05, 0) is 48.7 Å². The standard InChI is InChI=1S/C19H24N2/c1-21(13-11-16-6-3-2-4-7-16)15-18-9-5-8-17-14-20-12-10-19(17)18/h2-9,20H,10-15H2,1H3. The summed E-state index contributed by atoms with van der Waals surface area (Å²) in [6, 6.07) is 17.5. The molecule has 2 aromatic carbocycles. The minimum Gasteiger partial charge on any atom is -0.312 e. The van der Waals surface area contributed by atoms with Crippen LogP contribution in [0.4, 0.5) is 0 Å². The maximum atomic E-state index is 3.45. The Balaban J connectivity index is 1.61. The maximum Gasteiger partial charge on any atom is 0.0233 e. The fourth-order valence-electron chi connectivity index (χ4n) is 3.09. The van der Waals surface area contributed by atoms with E-state index in [0.717, 1.165) is 39.0 Å². The van der Waals surface area contributed by atoms with Crippen LogP contribution in [0.1, 0.15) is 22.3 Å². The van der Waals surface area contributed by atoms with Gasteiger partial charge in [0.25, 0.3) is 0 Å². The molecule has 110 valence electrons. The zero-order valence-corrected chi connectivity index (χ0v) is 12.8. The summed E-state index contributed by atoms with van der Waals surface area (Å²) in [4.78, 5) is 2.44. The van der Waals surface area contributed by atoms with Crippen molar-refractivity contribution in [3.05, 3.63) is 70.8 Å². The normalized spacial score (nSPS) is 14.2. The van der Waals surface area contributed by atoms with Crippen molar-refractivity contribution in [2.75, 3.05) is 20.1 Å². The molecule has 0 atom stereocenters. The fraction of sp³-hybridized carbons (Fsp3) is 0.368. The van der Waals surface area contributed by atoms with E-state index in [0.29, 0.717) is 0 Å². The molecule has 0 aromatic heterocycles. The zero-order chi connectivity index (χ0) is 14.5. The van der Waals surface area contributed by atoms with Crippen molar-refractivity contribution in [3.63, 3.8) is 0 Å². The molecule has 0 amide bonds. The number of nitrogens with one attached hydrogen (secondary N) is 1. The SMILES string of the molecule is CN(CCc1ccccc1)Cc1cccc2c1CCNC2. The Bertz CT molecular complexity index is 577. The summed E-state index contributed by atoms with van der Waals surface area (Å²) in [6.45, 7) is 4.29. The van der Waals surface area contributed by atoms with Crippen LogP contribution in [0.5, 0.6) is 0 Å². The van der Waals surface area contributed by atoms with Crippen LogP contribution in [0.2, 0.25) is 0 Å². The number of hydrogen-bond acceptors (Lipinski definition) is 2. The van der Waals surface area contributed by atoms with Crippen LogP contribution >= 0.6 is 0 Å². The van der Waals surface area contributed by atoms with E-state index in [1.165, 1.54) is 16.7 Å². The Labute approximate surface area is 127 Å². The first kappa shape index (κ1) is 14.3. The Morgan fingerprint density at radius 1 is 1.05 bits per heavy atom. The maximum absolute atomic E-state index is 3.45. The van der Waals surface area contributed by atoms with E-state index in [9.17, 15) is 0 Å². The van der Waals surface area contributed by atoms with Crippen LogP contribution in [0.3, 0.4) is 0 Å². The third-order valence-electron chi connectivity index (χ3n) is 4.30. The Morgan fingerprint density at radius 2 is 1.90 bits per heavy atom. The second-order valence-corrected chi connectivity index (χ2v) is 5.95. The lowest BCUT2D eigenvalue weighted by Crippen LogP contribution is -2.27. The van der Waals surface area contributed by atoms with Crippen LogP contribution in [-0.2, 0) is 25.9 Å². The summed E-state index contributed by atoms with van der Waals surface area (Å²) in [7, 11) is 2.23. The van der Waals surface area contributed by atoms with Gasteiger partial charge in [-0.25, -0.2) is 0 Å². The molecule has 21 heavy (non-hydrogen) atoms. The van der Waals surface area contributed by atoms with Crippen molar-refractivity contribution in [1.82, 2.24) is 10.2 Å². The summed E-state index contributed by atoms with van der Waals surface area (Å²) in [5.74, 6) is 0. The highest BCUT2D eigenvalue weighted by Gasteiger charge is 2.13. The fourth-order valence-corrected chi connectivity index (χ4v) is 3.09. The van der Waals surface area contributed by atoms with Crippen molar-refractivity contribution >= 4 is 0 Å². The van der Waals surface area contributed by atoms with Gasteiger partial charge in [-0.3, -0.25) is 0 Å². The van der Waals surface area contributed by atoms with Gasteiger partial charge in [0.05, 0.1) is 0 Å². The number of benzene rings is 2. The molecule has 2 nitrogen and oxygen atoms in total. The van der Waals surface area contributed by atoms with Gasteiger partial charge in [0.1, 0.15) is 0 Å². The lowest BCUT2D eigenvalue weighted by atomic mass is 9.95. The summed E-state index contributed by atoms with van der Waals surface area (Å²) < 4.78 is 0. The van der Waals surface area contributed by atoms with E-state index < -0.39 is 0 Å².